The maximum Gasteiger partial charge on any atom is 0.410 e. The van der Waals surface area contributed by atoms with Gasteiger partial charge in [-0.1, -0.05) is 12.1 Å². The summed E-state index contributed by atoms with van der Waals surface area (Å²) in [5.41, 5.74) is 1.16. The molecule has 2 aromatic rings. The largest absolute Gasteiger partial charge is 0.444 e. The third-order valence-electron chi connectivity index (χ3n) is 3.66. The molecule has 1 fully saturated rings. The van der Waals surface area contributed by atoms with Crippen molar-refractivity contribution >= 4 is 27.9 Å². The summed E-state index contributed by atoms with van der Waals surface area (Å²) in [7, 11) is -1.27. The van der Waals surface area contributed by atoms with Gasteiger partial charge in [0.25, 0.3) is 0 Å². The molecule has 3 rings (SSSR count). The zero-order chi connectivity index (χ0) is 16.6. The number of fused-ring (bicyclic) bond motifs is 1. The van der Waals surface area contributed by atoms with Gasteiger partial charge in [0.15, 0.2) is 5.16 Å². The minimum absolute atomic E-state index is 0.122. The molecule has 2 heterocycles. The highest BCUT2D eigenvalue weighted by Crippen LogP contribution is 2.22. The van der Waals surface area contributed by atoms with E-state index in [1.165, 1.54) is 0 Å². The first-order valence-corrected chi connectivity index (χ1v) is 8.88. The first-order valence-electron chi connectivity index (χ1n) is 7.67. The molecule has 1 aromatic heterocycles. The molecule has 7 heteroatoms. The minimum atomic E-state index is -1.27. The number of amides is 1. The van der Waals surface area contributed by atoms with Gasteiger partial charge in [-0.15, -0.1) is 0 Å². The van der Waals surface area contributed by atoms with Crippen molar-refractivity contribution in [3.63, 3.8) is 0 Å². The van der Waals surface area contributed by atoms with Crippen molar-refractivity contribution in [3.8, 4) is 0 Å². The predicted octanol–water partition coefficient (Wildman–Crippen LogP) is 2.68. The van der Waals surface area contributed by atoms with Gasteiger partial charge in [0.1, 0.15) is 5.60 Å². The van der Waals surface area contributed by atoms with E-state index in [-0.39, 0.29) is 11.3 Å². The lowest BCUT2D eigenvalue weighted by molar-refractivity contribution is 0.0295. The second-order valence-corrected chi connectivity index (χ2v) is 8.34. The van der Waals surface area contributed by atoms with Gasteiger partial charge in [-0.05, 0) is 39.3 Å². The number of hydrogen-bond acceptors (Lipinski definition) is 4. The average molecular weight is 335 g/mol. The Hall–Kier alpha value is -1.89. The topological polar surface area (TPSA) is 75.3 Å². The minimum Gasteiger partial charge on any atom is -0.444 e. The summed E-state index contributed by atoms with van der Waals surface area (Å²) >= 11 is 0. The molecule has 1 aliphatic heterocycles. The number of hydrogen-bond donors (Lipinski definition) is 1. The van der Waals surface area contributed by atoms with Crippen molar-refractivity contribution in [1.29, 1.82) is 0 Å². The van der Waals surface area contributed by atoms with Crippen molar-refractivity contribution in [1.82, 2.24) is 14.9 Å². The molecule has 1 aliphatic rings. The van der Waals surface area contributed by atoms with Crippen molar-refractivity contribution in [2.45, 2.75) is 43.2 Å². The Labute approximate surface area is 137 Å². The maximum absolute atomic E-state index is 12.7. The molecule has 1 aromatic carbocycles. The van der Waals surface area contributed by atoms with Crippen molar-refractivity contribution in [2.24, 2.45) is 0 Å². The highest BCUT2D eigenvalue weighted by atomic mass is 32.2. The van der Waals surface area contributed by atoms with Gasteiger partial charge in [-0.25, -0.2) is 9.78 Å². The molecule has 2 atom stereocenters. The van der Waals surface area contributed by atoms with Crippen LogP contribution < -0.4 is 0 Å². The van der Waals surface area contributed by atoms with E-state index >= 15 is 0 Å². The van der Waals surface area contributed by atoms with Gasteiger partial charge < -0.3 is 14.6 Å². The molecule has 6 nitrogen and oxygen atoms in total. The van der Waals surface area contributed by atoms with Gasteiger partial charge >= 0.3 is 6.09 Å². The predicted molar refractivity (Wildman–Crippen MR) is 88.7 cm³/mol. The standard InChI is InChI=1S/C16H21N3O3S/c1-16(2,3)22-15(20)19-9-8-11(10-19)23(21)14-17-12-6-4-5-7-13(12)18-14/h4-7,11H,8-10H2,1-3H3,(H,17,18)/t11-,23-/m0/s1. The number of likely N-dealkylation sites (tertiary alicyclic amines) is 1. The number of aromatic nitrogens is 2. The number of rotatable bonds is 2. The molecule has 1 N–H and O–H groups in total. The van der Waals surface area contributed by atoms with E-state index in [2.05, 4.69) is 9.97 Å². The lowest BCUT2D eigenvalue weighted by atomic mass is 10.2. The van der Waals surface area contributed by atoms with Gasteiger partial charge in [0, 0.05) is 13.1 Å². The summed E-state index contributed by atoms with van der Waals surface area (Å²) in [4.78, 5) is 21.2. The third-order valence-corrected chi connectivity index (χ3v) is 5.22. The number of nitrogens with one attached hydrogen (secondary N) is 1. The van der Waals surface area contributed by atoms with E-state index in [9.17, 15) is 9.00 Å². The Morgan fingerprint density at radius 3 is 2.83 bits per heavy atom. The van der Waals surface area contributed by atoms with Crippen LogP contribution in [0, 0.1) is 0 Å². The van der Waals surface area contributed by atoms with E-state index in [0.717, 1.165) is 11.0 Å². The Morgan fingerprint density at radius 2 is 2.13 bits per heavy atom. The molecule has 0 aliphatic carbocycles. The second kappa shape index (κ2) is 5.96. The summed E-state index contributed by atoms with van der Waals surface area (Å²) in [6.07, 6.45) is 0.338. The molecule has 0 unspecified atom stereocenters. The maximum atomic E-state index is 12.7. The van der Waals surface area contributed by atoms with Crippen LogP contribution in [0.4, 0.5) is 4.79 Å². The van der Waals surface area contributed by atoms with Gasteiger partial charge in [0.2, 0.25) is 0 Å². The van der Waals surface area contributed by atoms with Gasteiger partial charge in [-0.2, -0.15) is 0 Å². The van der Waals surface area contributed by atoms with Crippen LogP contribution in [-0.2, 0) is 15.5 Å². The molecule has 0 bridgehead atoms. The number of ether oxygens (including phenoxy) is 1. The fraction of sp³-hybridized carbons (Fsp3) is 0.500. The number of nitrogens with zero attached hydrogens (tertiary/aromatic N) is 2. The number of imidazole rings is 1. The van der Waals surface area contributed by atoms with Crippen LogP contribution in [0.3, 0.4) is 0 Å². The number of carbonyl (C=O) groups excluding carboxylic acids is 1. The summed E-state index contributed by atoms with van der Waals surface area (Å²) < 4.78 is 18.1. The number of para-hydroxylation sites is 2. The Bertz CT molecular complexity index is 717. The molecule has 0 spiro atoms. The molecule has 124 valence electrons. The average Bonchev–Trinajstić information content (AvgIpc) is 3.11. The van der Waals surface area contributed by atoms with Crippen LogP contribution in [0.25, 0.3) is 11.0 Å². The van der Waals surface area contributed by atoms with Crippen molar-refractivity contribution < 1.29 is 13.7 Å². The van der Waals surface area contributed by atoms with Crippen molar-refractivity contribution in [2.75, 3.05) is 13.1 Å². The number of H-pyrrole nitrogens is 1. The van der Waals surface area contributed by atoms with Crippen LogP contribution in [-0.4, -0.2) is 49.1 Å². The first-order chi connectivity index (χ1) is 10.8. The van der Waals surface area contributed by atoms with E-state index in [1.807, 2.05) is 45.0 Å². The molecular formula is C16H21N3O3S. The van der Waals surface area contributed by atoms with E-state index < -0.39 is 16.4 Å². The van der Waals surface area contributed by atoms with Crippen LogP contribution in [0.1, 0.15) is 27.2 Å². The summed E-state index contributed by atoms with van der Waals surface area (Å²) in [5.74, 6) is 0. The molecule has 0 radical (unpaired) electrons. The van der Waals surface area contributed by atoms with E-state index in [0.29, 0.717) is 24.7 Å². The molecular weight excluding hydrogens is 314 g/mol. The SMILES string of the molecule is CC(C)(C)OC(=O)N1CC[C@H]([S@](=O)c2nc3ccccc3[nH]2)C1. The zero-order valence-electron chi connectivity index (χ0n) is 13.5. The second-order valence-electron chi connectivity index (χ2n) is 6.69. The Kier molecular flexibility index (Phi) is 4.14. The monoisotopic (exact) mass is 335 g/mol. The first kappa shape index (κ1) is 16.0. The fourth-order valence-electron chi connectivity index (χ4n) is 2.58. The van der Waals surface area contributed by atoms with Crippen LogP contribution in [0.5, 0.6) is 0 Å². The van der Waals surface area contributed by atoms with Gasteiger partial charge in [-0.3, -0.25) is 4.21 Å². The summed E-state index contributed by atoms with van der Waals surface area (Å²) in [6.45, 7) is 6.51. The molecule has 23 heavy (non-hydrogen) atoms. The van der Waals surface area contributed by atoms with Gasteiger partial charge in [0.05, 0.1) is 27.1 Å². The number of carbonyl (C=O) groups is 1. The lowest BCUT2D eigenvalue weighted by Gasteiger charge is -2.24. The lowest BCUT2D eigenvalue weighted by Crippen LogP contribution is -2.36. The number of aromatic amines is 1. The fourth-order valence-corrected chi connectivity index (χ4v) is 3.93. The van der Waals surface area contributed by atoms with Crippen molar-refractivity contribution in [3.05, 3.63) is 24.3 Å². The molecule has 1 saturated heterocycles. The Morgan fingerprint density at radius 1 is 1.39 bits per heavy atom. The third kappa shape index (κ3) is 3.55. The van der Waals surface area contributed by atoms with E-state index in [1.54, 1.807) is 4.90 Å². The zero-order valence-corrected chi connectivity index (χ0v) is 14.4. The van der Waals surface area contributed by atoms with Crippen LogP contribution >= 0.6 is 0 Å². The van der Waals surface area contributed by atoms with Crippen LogP contribution in [0.15, 0.2) is 29.4 Å². The summed E-state index contributed by atoms with van der Waals surface area (Å²) in [5, 5.41) is 0.352. The normalized spacial score (nSPS) is 20.0. The van der Waals surface area contributed by atoms with E-state index in [4.69, 9.17) is 4.74 Å². The number of benzene rings is 1. The summed E-state index contributed by atoms with van der Waals surface area (Å²) in [6, 6.07) is 7.60. The molecule has 1 amide bonds. The quantitative estimate of drug-likeness (QED) is 0.915. The van der Waals surface area contributed by atoms with Crippen LogP contribution in [0.2, 0.25) is 0 Å². The smallest absolute Gasteiger partial charge is 0.410 e. The highest BCUT2D eigenvalue weighted by molar-refractivity contribution is 7.85. The highest BCUT2D eigenvalue weighted by Gasteiger charge is 2.34. The Balaban J connectivity index is 1.68. The molecule has 0 saturated carbocycles.